The Balaban J connectivity index is 0.00000256. The predicted octanol–water partition coefficient (Wildman–Crippen LogP) is 5.89. The van der Waals surface area contributed by atoms with E-state index in [1.807, 2.05) is 64.2 Å². The quantitative estimate of drug-likeness (QED) is 0.270. The highest BCUT2D eigenvalue weighted by Gasteiger charge is 2.20. The number of anilines is 1. The van der Waals surface area contributed by atoms with Crippen LogP contribution in [0.15, 0.2) is 76.6 Å². The molecule has 9 heteroatoms. The number of nitrogens with zero attached hydrogens (tertiary/aromatic N) is 4. The molecule has 2 aromatic carbocycles. The van der Waals surface area contributed by atoms with Crippen molar-refractivity contribution < 1.29 is 4.79 Å². The molecule has 0 saturated carbocycles. The molecule has 2 heterocycles. The molecule has 1 amide bonds. The van der Waals surface area contributed by atoms with Gasteiger partial charge in [0.2, 0.25) is 5.91 Å². The molecule has 0 unspecified atom stereocenters. The van der Waals surface area contributed by atoms with Crippen molar-refractivity contribution in [1.29, 1.82) is 0 Å². The monoisotopic (exact) mass is 522 g/mol. The minimum Gasteiger partial charge on any atom is -0.337 e. The molecular formula is C21H20BrClN4OS2. The van der Waals surface area contributed by atoms with Crippen LogP contribution in [0.1, 0.15) is 6.42 Å². The van der Waals surface area contributed by atoms with E-state index >= 15 is 0 Å². The number of aromatic nitrogens is 3. The van der Waals surface area contributed by atoms with Crippen LogP contribution in [-0.2, 0) is 11.3 Å². The van der Waals surface area contributed by atoms with Gasteiger partial charge >= 0.3 is 0 Å². The maximum absolute atomic E-state index is 13.1. The molecule has 0 fully saturated rings. The first-order valence-corrected chi connectivity index (χ1v) is 11.8. The van der Waals surface area contributed by atoms with Gasteiger partial charge in [0, 0.05) is 34.9 Å². The van der Waals surface area contributed by atoms with E-state index in [9.17, 15) is 4.79 Å². The Bertz CT molecular complexity index is 1090. The first-order chi connectivity index (χ1) is 14.2. The highest BCUT2D eigenvalue weighted by atomic mass is 79.9. The molecule has 0 spiro atoms. The Hall–Kier alpha value is -1.87. The number of amides is 1. The van der Waals surface area contributed by atoms with Crippen LogP contribution < -0.4 is 4.90 Å². The molecule has 0 atom stereocenters. The predicted molar refractivity (Wildman–Crippen MR) is 131 cm³/mol. The number of benzene rings is 2. The number of carbonyl (C=O) groups is 1. The van der Waals surface area contributed by atoms with Gasteiger partial charge in [0.15, 0.2) is 5.13 Å². The van der Waals surface area contributed by atoms with Crippen LogP contribution in [-0.4, -0.2) is 32.7 Å². The SMILES string of the molecule is Cl.O=C(CSc1ccccc1)N(CCCn1ccnc1)c1nc2ccc(Br)cc2s1. The molecule has 156 valence electrons. The van der Waals surface area contributed by atoms with Gasteiger partial charge in [0.05, 0.1) is 22.3 Å². The fourth-order valence-corrected chi connectivity index (χ4v) is 5.26. The van der Waals surface area contributed by atoms with Gasteiger partial charge in [-0.2, -0.15) is 0 Å². The second-order valence-electron chi connectivity index (χ2n) is 6.41. The van der Waals surface area contributed by atoms with Crippen LogP contribution in [0, 0.1) is 0 Å². The van der Waals surface area contributed by atoms with Gasteiger partial charge < -0.3 is 4.57 Å². The molecule has 0 saturated heterocycles. The van der Waals surface area contributed by atoms with Gasteiger partial charge in [-0.05, 0) is 36.8 Å². The average molecular weight is 524 g/mol. The smallest absolute Gasteiger partial charge is 0.239 e. The Morgan fingerprint density at radius 1 is 1.20 bits per heavy atom. The van der Waals surface area contributed by atoms with Gasteiger partial charge in [-0.15, -0.1) is 24.2 Å². The van der Waals surface area contributed by atoms with Crippen LogP contribution in [0.5, 0.6) is 0 Å². The van der Waals surface area contributed by atoms with E-state index in [1.165, 1.54) is 0 Å². The van der Waals surface area contributed by atoms with Crippen molar-refractivity contribution in [3.05, 3.63) is 71.7 Å². The number of rotatable bonds is 8. The molecule has 5 nitrogen and oxygen atoms in total. The largest absolute Gasteiger partial charge is 0.337 e. The Morgan fingerprint density at radius 2 is 2.03 bits per heavy atom. The van der Waals surface area contributed by atoms with Crippen molar-refractivity contribution in [2.75, 3.05) is 17.2 Å². The van der Waals surface area contributed by atoms with E-state index in [1.54, 1.807) is 35.6 Å². The molecule has 0 aliphatic carbocycles. The van der Waals surface area contributed by atoms with Crippen molar-refractivity contribution in [3.8, 4) is 0 Å². The maximum Gasteiger partial charge on any atom is 0.239 e. The summed E-state index contributed by atoms with van der Waals surface area (Å²) in [4.78, 5) is 24.8. The zero-order valence-electron chi connectivity index (χ0n) is 16.0. The molecule has 0 aliphatic heterocycles. The van der Waals surface area contributed by atoms with E-state index in [4.69, 9.17) is 4.98 Å². The Kier molecular flexibility index (Phi) is 8.32. The molecular weight excluding hydrogens is 504 g/mol. The summed E-state index contributed by atoms with van der Waals surface area (Å²) in [6, 6.07) is 16.0. The number of hydrogen-bond donors (Lipinski definition) is 0. The number of hydrogen-bond acceptors (Lipinski definition) is 5. The lowest BCUT2D eigenvalue weighted by atomic mass is 10.3. The Labute approximate surface area is 198 Å². The van der Waals surface area contributed by atoms with E-state index < -0.39 is 0 Å². The number of fused-ring (bicyclic) bond motifs is 1. The minimum absolute atomic E-state index is 0. The standard InChI is InChI=1S/C21H19BrN4OS2.ClH/c22-16-7-8-18-19(13-16)29-21(24-18)26(11-4-10-25-12-9-23-15-25)20(27)14-28-17-5-2-1-3-6-17;/h1-3,5-9,12-13,15H,4,10-11,14H2;1H. The Morgan fingerprint density at radius 3 is 2.80 bits per heavy atom. The summed E-state index contributed by atoms with van der Waals surface area (Å²) in [5.74, 6) is 0.455. The maximum atomic E-state index is 13.1. The van der Waals surface area contributed by atoms with Gasteiger partial charge in [-0.3, -0.25) is 9.69 Å². The van der Waals surface area contributed by atoms with Gasteiger partial charge in [-0.1, -0.05) is 45.5 Å². The van der Waals surface area contributed by atoms with E-state index in [2.05, 4.69) is 20.9 Å². The molecule has 0 N–H and O–H groups in total. The van der Waals surface area contributed by atoms with Crippen molar-refractivity contribution in [1.82, 2.24) is 14.5 Å². The topological polar surface area (TPSA) is 51.0 Å². The number of thioether (sulfide) groups is 1. The van der Waals surface area contributed by atoms with Crippen LogP contribution in [0.25, 0.3) is 10.2 Å². The highest BCUT2D eigenvalue weighted by molar-refractivity contribution is 9.10. The van der Waals surface area contributed by atoms with E-state index in [-0.39, 0.29) is 18.3 Å². The van der Waals surface area contributed by atoms with Crippen molar-refractivity contribution in [2.45, 2.75) is 17.9 Å². The summed E-state index contributed by atoms with van der Waals surface area (Å²) in [5, 5.41) is 0.752. The summed E-state index contributed by atoms with van der Waals surface area (Å²) < 4.78 is 4.10. The summed E-state index contributed by atoms with van der Waals surface area (Å²) in [7, 11) is 0. The van der Waals surface area contributed by atoms with Gasteiger partial charge in [0.25, 0.3) is 0 Å². The number of imidazole rings is 1. The molecule has 2 aromatic heterocycles. The second kappa shape index (κ2) is 10.9. The molecule has 4 aromatic rings. The summed E-state index contributed by atoms with van der Waals surface area (Å²) in [5.41, 5.74) is 0.913. The third kappa shape index (κ3) is 5.85. The normalized spacial score (nSPS) is 10.7. The lowest BCUT2D eigenvalue weighted by molar-refractivity contribution is -0.116. The summed E-state index contributed by atoms with van der Waals surface area (Å²) in [6.07, 6.45) is 6.34. The van der Waals surface area contributed by atoms with Crippen LogP contribution in [0.3, 0.4) is 0 Å². The number of halogens is 2. The molecule has 0 bridgehead atoms. The molecule has 4 rings (SSSR count). The molecule has 0 aliphatic rings. The van der Waals surface area contributed by atoms with E-state index in [0.29, 0.717) is 12.3 Å². The number of carbonyl (C=O) groups excluding carboxylic acids is 1. The minimum atomic E-state index is 0. The fraction of sp³-hybridized carbons (Fsp3) is 0.190. The molecule has 30 heavy (non-hydrogen) atoms. The second-order valence-corrected chi connectivity index (χ2v) is 9.38. The fourth-order valence-electron chi connectivity index (χ4n) is 2.90. The summed E-state index contributed by atoms with van der Waals surface area (Å²) in [6.45, 7) is 1.43. The first kappa shape index (κ1) is 22.8. The third-order valence-corrected chi connectivity index (χ3v) is 6.87. The zero-order chi connectivity index (χ0) is 20.1. The highest BCUT2D eigenvalue weighted by Crippen LogP contribution is 2.31. The van der Waals surface area contributed by atoms with Crippen LogP contribution in [0.2, 0.25) is 0 Å². The third-order valence-electron chi connectivity index (χ3n) is 4.33. The first-order valence-electron chi connectivity index (χ1n) is 9.19. The lowest BCUT2D eigenvalue weighted by Crippen LogP contribution is -2.33. The number of aryl methyl sites for hydroxylation is 1. The van der Waals surface area contributed by atoms with Gasteiger partial charge in [-0.25, -0.2) is 9.97 Å². The van der Waals surface area contributed by atoms with Crippen LogP contribution >= 0.6 is 51.4 Å². The zero-order valence-corrected chi connectivity index (χ0v) is 20.0. The van der Waals surface area contributed by atoms with Crippen molar-refractivity contribution >= 4 is 72.7 Å². The average Bonchev–Trinajstić information content (AvgIpc) is 3.39. The lowest BCUT2D eigenvalue weighted by Gasteiger charge is -2.20. The number of thiazole rings is 1. The summed E-state index contributed by atoms with van der Waals surface area (Å²) >= 11 is 6.62. The molecule has 0 radical (unpaired) electrons. The van der Waals surface area contributed by atoms with Gasteiger partial charge in [0.1, 0.15) is 0 Å². The van der Waals surface area contributed by atoms with Crippen molar-refractivity contribution in [3.63, 3.8) is 0 Å². The van der Waals surface area contributed by atoms with E-state index in [0.717, 1.165) is 37.7 Å². The van der Waals surface area contributed by atoms with Crippen LogP contribution in [0.4, 0.5) is 5.13 Å². The van der Waals surface area contributed by atoms with Crippen molar-refractivity contribution in [2.24, 2.45) is 0 Å².